The van der Waals surface area contributed by atoms with Gasteiger partial charge >= 0.3 is 0 Å². The zero-order valence-electron chi connectivity index (χ0n) is 11.9. The number of carbonyl (C=O) groups is 1. The van der Waals surface area contributed by atoms with E-state index < -0.39 is 0 Å². The predicted octanol–water partition coefficient (Wildman–Crippen LogP) is 2.63. The van der Waals surface area contributed by atoms with Crippen molar-refractivity contribution in [2.45, 2.75) is 32.8 Å². The molecule has 1 heterocycles. The Morgan fingerprint density at radius 1 is 1.45 bits per heavy atom. The van der Waals surface area contributed by atoms with Crippen molar-refractivity contribution < 1.29 is 14.3 Å². The van der Waals surface area contributed by atoms with E-state index >= 15 is 0 Å². The molecular weight excluding hydrogens is 278 g/mol. The fourth-order valence-corrected chi connectivity index (χ4v) is 2.33. The lowest BCUT2D eigenvalue weighted by Gasteiger charge is -2.12. The maximum absolute atomic E-state index is 11.7. The van der Waals surface area contributed by atoms with Crippen LogP contribution in [0, 0.1) is 13.8 Å². The van der Waals surface area contributed by atoms with Crippen LogP contribution in [0.3, 0.4) is 0 Å². The Morgan fingerprint density at radius 2 is 2.15 bits per heavy atom. The molecule has 1 saturated heterocycles. The van der Waals surface area contributed by atoms with Crippen molar-refractivity contribution in [1.29, 1.82) is 0 Å². The largest absolute Gasteiger partial charge is 0.484 e. The van der Waals surface area contributed by atoms with Gasteiger partial charge < -0.3 is 14.8 Å². The molecular formula is C15H20ClNO3. The summed E-state index contributed by atoms with van der Waals surface area (Å²) < 4.78 is 10.9. The Labute approximate surface area is 124 Å². The molecule has 1 aromatic carbocycles. The summed E-state index contributed by atoms with van der Waals surface area (Å²) in [5.74, 6) is 0.530. The fourth-order valence-electron chi connectivity index (χ4n) is 2.22. The van der Waals surface area contributed by atoms with Gasteiger partial charge in [-0.3, -0.25) is 4.79 Å². The average Bonchev–Trinajstić information content (AvgIpc) is 2.93. The van der Waals surface area contributed by atoms with E-state index in [4.69, 9.17) is 21.1 Å². The molecule has 0 spiro atoms. The van der Waals surface area contributed by atoms with Crippen LogP contribution in [0.1, 0.15) is 24.0 Å². The van der Waals surface area contributed by atoms with Gasteiger partial charge in [-0.25, -0.2) is 0 Å². The van der Waals surface area contributed by atoms with Gasteiger partial charge in [0, 0.05) is 18.2 Å². The highest BCUT2D eigenvalue weighted by Crippen LogP contribution is 2.25. The van der Waals surface area contributed by atoms with Crippen molar-refractivity contribution in [3.05, 3.63) is 28.3 Å². The maximum Gasteiger partial charge on any atom is 0.258 e. The summed E-state index contributed by atoms with van der Waals surface area (Å²) in [7, 11) is 0. The minimum Gasteiger partial charge on any atom is -0.484 e. The molecule has 0 radical (unpaired) electrons. The molecule has 1 unspecified atom stereocenters. The molecule has 1 atom stereocenters. The topological polar surface area (TPSA) is 47.6 Å². The van der Waals surface area contributed by atoms with E-state index in [0.29, 0.717) is 12.3 Å². The van der Waals surface area contributed by atoms with Crippen LogP contribution in [-0.2, 0) is 9.53 Å². The predicted molar refractivity (Wildman–Crippen MR) is 78.4 cm³/mol. The lowest BCUT2D eigenvalue weighted by Crippen LogP contribution is -2.35. The maximum atomic E-state index is 11.7. The number of ether oxygens (including phenoxy) is 2. The summed E-state index contributed by atoms with van der Waals surface area (Å²) in [5.41, 5.74) is 1.89. The highest BCUT2D eigenvalue weighted by molar-refractivity contribution is 6.32. The van der Waals surface area contributed by atoms with Crippen LogP contribution in [0.25, 0.3) is 0 Å². The van der Waals surface area contributed by atoms with Crippen molar-refractivity contribution in [2.75, 3.05) is 19.8 Å². The summed E-state index contributed by atoms with van der Waals surface area (Å²) in [4.78, 5) is 11.7. The highest BCUT2D eigenvalue weighted by atomic mass is 35.5. The van der Waals surface area contributed by atoms with Crippen LogP contribution in [-0.4, -0.2) is 31.8 Å². The molecule has 0 aromatic heterocycles. The van der Waals surface area contributed by atoms with E-state index in [1.807, 2.05) is 26.0 Å². The van der Waals surface area contributed by atoms with Gasteiger partial charge in [0.1, 0.15) is 5.75 Å². The smallest absolute Gasteiger partial charge is 0.258 e. The zero-order valence-corrected chi connectivity index (χ0v) is 12.6. The average molecular weight is 298 g/mol. The van der Waals surface area contributed by atoms with E-state index in [2.05, 4.69) is 5.32 Å². The monoisotopic (exact) mass is 297 g/mol. The summed E-state index contributed by atoms with van der Waals surface area (Å²) in [6.45, 7) is 5.19. The van der Waals surface area contributed by atoms with Crippen LogP contribution in [0.5, 0.6) is 5.75 Å². The van der Waals surface area contributed by atoms with Crippen LogP contribution in [0.4, 0.5) is 0 Å². The Kier molecular flexibility index (Phi) is 5.26. The van der Waals surface area contributed by atoms with Gasteiger partial charge in [0.05, 0.1) is 6.10 Å². The number of halogens is 1. The number of rotatable bonds is 5. The molecule has 0 bridgehead atoms. The molecule has 0 aliphatic carbocycles. The van der Waals surface area contributed by atoms with Crippen LogP contribution >= 0.6 is 11.6 Å². The van der Waals surface area contributed by atoms with Gasteiger partial charge in [0.15, 0.2) is 6.61 Å². The lowest BCUT2D eigenvalue weighted by atomic mass is 10.1. The minimum atomic E-state index is -0.134. The molecule has 20 heavy (non-hydrogen) atoms. The molecule has 1 N–H and O–H groups in total. The highest BCUT2D eigenvalue weighted by Gasteiger charge is 2.16. The second-order valence-corrected chi connectivity index (χ2v) is 5.48. The second-order valence-electron chi connectivity index (χ2n) is 5.10. The summed E-state index contributed by atoms with van der Waals surface area (Å²) in [6, 6.07) is 3.67. The van der Waals surface area contributed by atoms with Gasteiger partial charge in [0.25, 0.3) is 5.91 Å². The van der Waals surface area contributed by atoms with Crippen molar-refractivity contribution in [2.24, 2.45) is 0 Å². The third kappa shape index (κ3) is 4.12. The number of amides is 1. The Hall–Kier alpha value is -1.26. The molecule has 110 valence electrons. The first-order chi connectivity index (χ1) is 9.56. The molecule has 5 heteroatoms. The van der Waals surface area contributed by atoms with Crippen LogP contribution in [0.2, 0.25) is 5.02 Å². The van der Waals surface area contributed by atoms with Gasteiger partial charge in [-0.1, -0.05) is 11.6 Å². The standard InChI is InChI=1S/C15H20ClNO3/c1-10-6-13(7-11(2)15(10)16)20-9-14(18)17-8-12-4-3-5-19-12/h6-7,12H,3-5,8-9H2,1-2H3,(H,17,18). The summed E-state index contributed by atoms with van der Waals surface area (Å²) >= 11 is 6.09. The fraction of sp³-hybridized carbons (Fsp3) is 0.533. The van der Waals surface area contributed by atoms with Crippen LogP contribution in [0.15, 0.2) is 12.1 Å². The molecule has 2 rings (SSSR count). The molecule has 1 aliphatic heterocycles. The number of hydrogen-bond donors (Lipinski definition) is 1. The van der Waals surface area contributed by atoms with Crippen LogP contribution < -0.4 is 10.1 Å². The lowest BCUT2D eigenvalue weighted by molar-refractivity contribution is -0.123. The van der Waals surface area contributed by atoms with Crippen molar-refractivity contribution in [3.63, 3.8) is 0 Å². The first-order valence-electron chi connectivity index (χ1n) is 6.84. The Bertz CT molecular complexity index is 461. The third-order valence-electron chi connectivity index (χ3n) is 3.33. The molecule has 1 amide bonds. The van der Waals surface area contributed by atoms with Crippen molar-refractivity contribution in [1.82, 2.24) is 5.32 Å². The normalized spacial score (nSPS) is 18.1. The minimum absolute atomic E-state index is 0.00717. The molecule has 4 nitrogen and oxygen atoms in total. The summed E-state index contributed by atoms with van der Waals surface area (Å²) in [6.07, 6.45) is 2.23. The Balaban J connectivity index is 1.78. The molecule has 1 aromatic rings. The third-order valence-corrected chi connectivity index (χ3v) is 3.93. The van der Waals surface area contributed by atoms with Gasteiger partial charge in [-0.05, 0) is 49.9 Å². The van der Waals surface area contributed by atoms with Crippen molar-refractivity contribution >= 4 is 17.5 Å². The first kappa shape index (κ1) is 15.1. The number of aryl methyl sites for hydroxylation is 2. The number of nitrogens with one attached hydrogen (secondary N) is 1. The van der Waals surface area contributed by atoms with Gasteiger partial charge in [0.2, 0.25) is 0 Å². The number of hydrogen-bond acceptors (Lipinski definition) is 3. The number of carbonyl (C=O) groups excluding carboxylic acids is 1. The molecule has 1 fully saturated rings. The van der Waals surface area contributed by atoms with Crippen molar-refractivity contribution in [3.8, 4) is 5.75 Å². The zero-order chi connectivity index (χ0) is 14.5. The van der Waals surface area contributed by atoms with E-state index in [0.717, 1.165) is 35.6 Å². The SMILES string of the molecule is Cc1cc(OCC(=O)NCC2CCCO2)cc(C)c1Cl. The van der Waals surface area contributed by atoms with Gasteiger partial charge in [-0.15, -0.1) is 0 Å². The quantitative estimate of drug-likeness (QED) is 0.909. The molecule has 0 saturated carbocycles. The van der Waals surface area contributed by atoms with E-state index in [-0.39, 0.29) is 18.6 Å². The second kappa shape index (κ2) is 6.95. The number of benzene rings is 1. The summed E-state index contributed by atoms with van der Waals surface area (Å²) in [5, 5.41) is 3.56. The van der Waals surface area contributed by atoms with E-state index in [9.17, 15) is 4.79 Å². The van der Waals surface area contributed by atoms with E-state index in [1.54, 1.807) is 0 Å². The van der Waals surface area contributed by atoms with Gasteiger partial charge in [-0.2, -0.15) is 0 Å². The van der Waals surface area contributed by atoms with E-state index in [1.165, 1.54) is 0 Å². The Morgan fingerprint density at radius 3 is 2.75 bits per heavy atom. The first-order valence-corrected chi connectivity index (χ1v) is 7.22. The molecule has 1 aliphatic rings.